The van der Waals surface area contributed by atoms with Gasteiger partial charge < -0.3 is 10.6 Å². The molecule has 1 aromatic carbocycles. The number of nitrogens with zero attached hydrogens (tertiary/aromatic N) is 1. The molecule has 1 fully saturated rings. The van der Waals surface area contributed by atoms with Crippen LogP contribution in [-0.2, 0) is 0 Å². The third-order valence-corrected chi connectivity index (χ3v) is 4.55. The molecule has 0 bridgehead atoms. The van der Waals surface area contributed by atoms with E-state index in [-0.39, 0.29) is 0 Å². The first-order valence-electron chi connectivity index (χ1n) is 6.68. The summed E-state index contributed by atoms with van der Waals surface area (Å²) in [4.78, 5) is 2.42. The van der Waals surface area contributed by atoms with Crippen molar-refractivity contribution in [2.45, 2.75) is 33.6 Å². The number of benzene rings is 1. The number of nitrogens with two attached hydrogens (primary N) is 1. The number of halogens is 1. The summed E-state index contributed by atoms with van der Waals surface area (Å²) in [5.74, 6) is 0.821. The van der Waals surface area contributed by atoms with Crippen LogP contribution >= 0.6 is 15.9 Å². The molecule has 1 aliphatic heterocycles. The average Bonchev–Trinajstić information content (AvgIpc) is 2.31. The molecule has 3 heteroatoms. The molecule has 1 saturated heterocycles. The Labute approximate surface area is 119 Å². The van der Waals surface area contributed by atoms with Crippen LogP contribution in [0.4, 0.5) is 11.4 Å². The summed E-state index contributed by atoms with van der Waals surface area (Å²) in [6, 6.07) is 6.11. The van der Waals surface area contributed by atoms with E-state index in [1.807, 2.05) is 12.1 Å². The van der Waals surface area contributed by atoms with E-state index in [2.05, 4.69) is 47.7 Å². The molecule has 0 saturated carbocycles. The number of nitrogen functional groups attached to an aromatic ring is 1. The molecule has 2 rings (SSSR count). The molecule has 0 aromatic heterocycles. The van der Waals surface area contributed by atoms with Crippen LogP contribution in [0.1, 0.15) is 33.6 Å². The van der Waals surface area contributed by atoms with Crippen LogP contribution in [0.25, 0.3) is 0 Å². The van der Waals surface area contributed by atoms with Crippen molar-refractivity contribution in [1.82, 2.24) is 0 Å². The molecule has 2 N–H and O–H groups in total. The summed E-state index contributed by atoms with van der Waals surface area (Å²) in [6.45, 7) is 9.27. The van der Waals surface area contributed by atoms with Crippen molar-refractivity contribution in [3.05, 3.63) is 22.7 Å². The van der Waals surface area contributed by atoms with E-state index in [4.69, 9.17) is 5.73 Å². The smallest absolute Gasteiger partial charge is 0.0611 e. The fourth-order valence-corrected chi connectivity index (χ4v) is 3.13. The van der Waals surface area contributed by atoms with Gasteiger partial charge in [-0.25, -0.2) is 0 Å². The topological polar surface area (TPSA) is 29.3 Å². The van der Waals surface area contributed by atoms with Gasteiger partial charge in [0, 0.05) is 17.6 Å². The molecule has 0 radical (unpaired) electrons. The quantitative estimate of drug-likeness (QED) is 0.784. The van der Waals surface area contributed by atoms with Gasteiger partial charge >= 0.3 is 0 Å². The van der Waals surface area contributed by atoms with E-state index in [0.717, 1.165) is 29.2 Å². The van der Waals surface area contributed by atoms with Gasteiger partial charge in [0.15, 0.2) is 0 Å². The molecule has 18 heavy (non-hydrogen) atoms. The van der Waals surface area contributed by atoms with E-state index in [9.17, 15) is 0 Å². The highest BCUT2D eigenvalue weighted by atomic mass is 79.9. The monoisotopic (exact) mass is 310 g/mol. The average molecular weight is 311 g/mol. The first kappa shape index (κ1) is 13.7. The second kappa shape index (κ2) is 5.12. The normalized spacial score (nSPS) is 18.1. The first-order valence-corrected chi connectivity index (χ1v) is 7.47. The maximum absolute atomic E-state index is 6.08. The van der Waals surface area contributed by atoms with E-state index < -0.39 is 0 Å². The fraction of sp³-hybridized carbons (Fsp3) is 0.600. The lowest BCUT2D eigenvalue weighted by molar-refractivity contribution is 0.199. The second-order valence-corrected chi connectivity index (χ2v) is 7.25. The number of hydrogen-bond donors (Lipinski definition) is 1. The molecular weight excluding hydrogens is 288 g/mol. The van der Waals surface area contributed by atoms with Gasteiger partial charge in [0.25, 0.3) is 0 Å². The lowest BCUT2D eigenvalue weighted by atomic mass is 9.75. The van der Waals surface area contributed by atoms with Gasteiger partial charge in [-0.3, -0.25) is 0 Å². The van der Waals surface area contributed by atoms with Crippen LogP contribution in [0, 0.1) is 11.3 Å². The third kappa shape index (κ3) is 3.00. The van der Waals surface area contributed by atoms with E-state index >= 15 is 0 Å². The summed E-state index contributed by atoms with van der Waals surface area (Å²) in [5.41, 5.74) is 8.56. The van der Waals surface area contributed by atoms with E-state index in [0.29, 0.717) is 5.41 Å². The molecule has 1 heterocycles. The third-order valence-electron chi connectivity index (χ3n) is 4.05. The molecule has 0 unspecified atom stereocenters. The van der Waals surface area contributed by atoms with Gasteiger partial charge in [-0.15, -0.1) is 0 Å². The molecule has 0 aliphatic carbocycles. The van der Waals surface area contributed by atoms with Crippen molar-refractivity contribution in [3.63, 3.8) is 0 Å². The molecule has 0 amide bonds. The summed E-state index contributed by atoms with van der Waals surface area (Å²) in [7, 11) is 0. The van der Waals surface area contributed by atoms with Crippen LogP contribution in [0.3, 0.4) is 0 Å². The van der Waals surface area contributed by atoms with Crippen molar-refractivity contribution < 1.29 is 0 Å². The standard InChI is InChI=1S/C15H23BrN2/c1-15(2,3)11-6-8-18(9-7-11)14-10-12(16)4-5-13(14)17/h4-5,10-11H,6-9,17H2,1-3H3. The Bertz CT molecular complexity index is 415. The summed E-state index contributed by atoms with van der Waals surface area (Å²) < 4.78 is 1.10. The molecule has 100 valence electrons. The Balaban J connectivity index is 2.08. The molecule has 1 aliphatic rings. The molecular formula is C15H23BrN2. The lowest BCUT2D eigenvalue weighted by Crippen LogP contribution is -2.38. The van der Waals surface area contributed by atoms with Crippen LogP contribution in [0.15, 0.2) is 22.7 Å². The van der Waals surface area contributed by atoms with Crippen LogP contribution in [0.5, 0.6) is 0 Å². The summed E-state index contributed by atoms with van der Waals surface area (Å²) in [5, 5.41) is 0. The molecule has 2 nitrogen and oxygen atoms in total. The minimum absolute atomic E-state index is 0.426. The van der Waals surface area contributed by atoms with Crippen LogP contribution < -0.4 is 10.6 Å². The van der Waals surface area contributed by atoms with Gasteiger partial charge in [0.05, 0.1) is 11.4 Å². The number of hydrogen-bond acceptors (Lipinski definition) is 2. The lowest BCUT2D eigenvalue weighted by Gasteiger charge is -2.40. The van der Waals surface area contributed by atoms with Crippen molar-refractivity contribution in [1.29, 1.82) is 0 Å². The Hall–Kier alpha value is -0.700. The van der Waals surface area contributed by atoms with Crippen LogP contribution in [0.2, 0.25) is 0 Å². The number of piperidine rings is 1. The maximum atomic E-state index is 6.08. The van der Waals surface area contributed by atoms with Crippen molar-refractivity contribution in [2.75, 3.05) is 23.7 Å². The number of rotatable bonds is 1. The maximum Gasteiger partial charge on any atom is 0.0611 e. The minimum atomic E-state index is 0.426. The Morgan fingerprint density at radius 3 is 2.39 bits per heavy atom. The van der Waals surface area contributed by atoms with E-state index in [1.54, 1.807) is 0 Å². The highest BCUT2D eigenvalue weighted by Gasteiger charge is 2.29. The molecule has 1 aromatic rings. The van der Waals surface area contributed by atoms with E-state index in [1.165, 1.54) is 18.5 Å². The SMILES string of the molecule is CC(C)(C)C1CCN(c2cc(Br)ccc2N)CC1. The Morgan fingerprint density at radius 1 is 1.22 bits per heavy atom. The number of anilines is 2. The Morgan fingerprint density at radius 2 is 1.83 bits per heavy atom. The zero-order valence-corrected chi connectivity index (χ0v) is 13.1. The predicted molar refractivity (Wildman–Crippen MR) is 82.9 cm³/mol. The largest absolute Gasteiger partial charge is 0.397 e. The first-order chi connectivity index (χ1) is 8.38. The van der Waals surface area contributed by atoms with Gasteiger partial charge in [-0.2, -0.15) is 0 Å². The van der Waals surface area contributed by atoms with Gasteiger partial charge in [-0.05, 0) is 42.4 Å². The van der Waals surface area contributed by atoms with Crippen molar-refractivity contribution in [3.8, 4) is 0 Å². The van der Waals surface area contributed by atoms with Crippen molar-refractivity contribution in [2.24, 2.45) is 11.3 Å². The predicted octanol–water partition coefficient (Wildman–Crippen LogP) is 4.29. The van der Waals surface area contributed by atoms with Crippen molar-refractivity contribution >= 4 is 27.3 Å². The zero-order chi connectivity index (χ0) is 13.3. The highest BCUT2D eigenvalue weighted by molar-refractivity contribution is 9.10. The summed E-state index contributed by atoms with van der Waals surface area (Å²) in [6.07, 6.45) is 2.52. The highest BCUT2D eigenvalue weighted by Crippen LogP contribution is 2.37. The minimum Gasteiger partial charge on any atom is -0.397 e. The van der Waals surface area contributed by atoms with Gasteiger partial charge in [0.1, 0.15) is 0 Å². The summed E-state index contributed by atoms with van der Waals surface area (Å²) >= 11 is 3.52. The Kier molecular flexibility index (Phi) is 3.90. The molecule has 0 spiro atoms. The van der Waals surface area contributed by atoms with Gasteiger partial charge in [0.2, 0.25) is 0 Å². The van der Waals surface area contributed by atoms with Crippen LogP contribution in [-0.4, -0.2) is 13.1 Å². The fourth-order valence-electron chi connectivity index (χ4n) is 2.78. The second-order valence-electron chi connectivity index (χ2n) is 6.33. The zero-order valence-electron chi connectivity index (χ0n) is 11.5. The van der Waals surface area contributed by atoms with Gasteiger partial charge in [-0.1, -0.05) is 36.7 Å². The molecule has 0 atom stereocenters.